The molecule has 0 heterocycles. The fourth-order valence-corrected chi connectivity index (χ4v) is 2.55. The summed E-state index contributed by atoms with van der Waals surface area (Å²) >= 11 is 0. The molecule has 2 aromatic rings. The second-order valence-corrected chi connectivity index (χ2v) is 6.09. The molecule has 0 spiro atoms. The van der Waals surface area contributed by atoms with Crippen LogP contribution in [0, 0.1) is 0 Å². The normalized spacial score (nSPS) is 10.4. The Hall–Kier alpha value is -3.19. The predicted octanol–water partition coefficient (Wildman–Crippen LogP) is 3.03. The van der Waals surface area contributed by atoms with E-state index in [9.17, 15) is 14.4 Å². The lowest BCUT2D eigenvalue weighted by molar-refractivity contribution is -0.121. The number of benzene rings is 2. The van der Waals surface area contributed by atoms with Crippen LogP contribution in [0.2, 0.25) is 0 Å². The number of amides is 3. The summed E-state index contributed by atoms with van der Waals surface area (Å²) in [5.41, 5.74) is 2.25. The number of ether oxygens (including phenoxy) is 1. The van der Waals surface area contributed by atoms with Gasteiger partial charge in [0.1, 0.15) is 0 Å². The van der Waals surface area contributed by atoms with Gasteiger partial charge in [-0.15, -0.1) is 0 Å². The highest BCUT2D eigenvalue weighted by Crippen LogP contribution is 2.11. The number of carbonyl (C=O) groups is 3. The molecule has 0 aromatic heterocycles. The number of carbonyl (C=O) groups excluding carboxylic acids is 3. The molecule has 0 radical (unpaired) electrons. The van der Waals surface area contributed by atoms with E-state index in [2.05, 4.69) is 10.6 Å². The first kappa shape index (κ1) is 21.1. The van der Waals surface area contributed by atoms with Gasteiger partial charge in [0.25, 0.3) is 5.91 Å². The topological polar surface area (TPSA) is 87.7 Å². The van der Waals surface area contributed by atoms with E-state index < -0.39 is 12.0 Å². The first-order valence-electron chi connectivity index (χ1n) is 9.16. The Kier molecular flexibility index (Phi) is 8.17. The molecular formula is C21H25N3O4. The molecule has 7 nitrogen and oxygen atoms in total. The standard InChI is InChI=1S/C21H25N3O4/c1-3-24(15-19(25)23-21(27)28-4-2)14-16-10-12-17(13-11-16)20(26)22-18-8-6-5-7-9-18/h5-13H,3-4,14-15H2,1-2H3,(H,22,26)(H,23,25,27). The van der Waals surface area contributed by atoms with Crippen LogP contribution in [0.5, 0.6) is 0 Å². The van der Waals surface area contributed by atoms with Gasteiger partial charge in [-0.3, -0.25) is 19.8 Å². The van der Waals surface area contributed by atoms with E-state index in [1.807, 2.05) is 54.3 Å². The minimum Gasteiger partial charge on any atom is -0.450 e. The highest BCUT2D eigenvalue weighted by molar-refractivity contribution is 6.04. The number of likely N-dealkylation sites (N-methyl/N-ethyl adjacent to an activating group) is 1. The van der Waals surface area contributed by atoms with Gasteiger partial charge in [0.2, 0.25) is 5.91 Å². The van der Waals surface area contributed by atoms with Crippen molar-refractivity contribution in [2.75, 3.05) is 25.0 Å². The Morgan fingerprint density at radius 2 is 1.64 bits per heavy atom. The Bertz CT molecular complexity index is 791. The van der Waals surface area contributed by atoms with Crippen molar-refractivity contribution < 1.29 is 19.1 Å². The predicted molar refractivity (Wildman–Crippen MR) is 107 cm³/mol. The smallest absolute Gasteiger partial charge is 0.413 e. The van der Waals surface area contributed by atoms with Crippen LogP contribution in [0.1, 0.15) is 29.8 Å². The van der Waals surface area contributed by atoms with E-state index in [0.717, 1.165) is 11.3 Å². The van der Waals surface area contributed by atoms with Gasteiger partial charge in [-0.25, -0.2) is 4.79 Å². The summed E-state index contributed by atoms with van der Waals surface area (Å²) in [5.74, 6) is -0.599. The number of alkyl carbamates (subject to hydrolysis) is 1. The third-order valence-corrected chi connectivity index (χ3v) is 3.99. The number of rotatable bonds is 8. The fourth-order valence-electron chi connectivity index (χ4n) is 2.55. The summed E-state index contributed by atoms with van der Waals surface area (Å²) in [6.07, 6.45) is -0.739. The molecule has 0 atom stereocenters. The molecule has 148 valence electrons. The lowest BCUT2D eigenvalue weighted by Gasteiger charge is -2.19. The number of hydrogen-bond donors (Lipinski definition) is 2. The summed E-state index contributed by atoms with van der Waals surface area (Å²) < 4.78 is 4.70. The summed E-state index contributed by atoms with van der Waals surface area (Å²) in [4.78, 5) is 37.4. The number of nitrogens with one attached hydrogen (secondary N) is 2. The number of nitrogens with zero attached hydrogens (tertiary/aromatic N) is 1. The van der Waals surface area contributed by atoms with Gasteiger partial charge in [0, 0.05) is 17.8 Å². The molecule has 0 aliphatic heterocycles. The van der Waals surface area contributed by atoms with Gasteiger partial charge in [0.05, 0.1) is 13.2 Å². The van der Waals surface area contributed by atoms with Crippen LogP contribution >= 0.6 is 0 Å². The minimum atomic E-state index is -0.739. The second kappa shape index (κ2) is 10.8. The summed E-state index contributed by atoms with van der Waals surface area (Å²) in [5, 5.41) is 5.02. The van der Waals surface area contributed by atoms with Crippen LogP contribution in [-0.2, 0) is 16.1 Å². The average molecular weight is 383 g/mol. The van der Waals surface area contributed by atoms with Crippen molar-refractivity contribution in [3.05, 3.63) is 65.7 Å². The molecule has 28 heavy (non-hydrogen) atoms. The Labute approximate surface area is 164 Å². The molecule has 7 heteroatoms. The highest BCUT2D eigenvalue weighted by Gasteiger charge is 2.13. The quantitative estimate of drug-likeness (QED) is 0.732. The number of imide groups is 1. The van der Waals surface area contributed by atoms with Crippen molar-refractivity contribution in [1.29, 1.82) is 0 Å². The van der Waals surface area contributed by atoms with Crippen molar-refractivity contribution in [3.8, 4) is 0 Å². The maximum Gasteiger partial charge on any atom is 0.413 e. The number of hydrogen-bond acceptors (Lipinski definition) is 5. The van der Waals surface area contributed by atoms with Crippen LogP contribution in [-0.4, -0.2) is 42.5 Å². The van der Waals surface area contributed by atoms with Crippen molar-refractivity contribution in [2.24, 2.45) is 0 Å². The largest absolute Gasteiger partial charge is 0.450 e. The SMILES string of the molecule is CCOC(=O)NC(=O)CN(CC)Cc1ccc(C(=O)Nc2ccccc2)cc1. The van der Waals surface area contributed by atoms with Crippen LogP contribution in [0.4, 0.5) is 10.5 Å². The zero-order valence-corrected chi connectivity index (χ0v) is 16.1. The molecule has 2 rings (SSSR count). The zero-order chi connectivity index (χ0) is 20.4. The molecule has 2 N–H and O–H groups in total. The maximum atomic E-state index is 12.3. The van der Waals surface area contributed by atoms with Crippen molar-refractivity contribution in [1.82, 2.24) is 10.2 Å². The lowest BCUT2D eigenvalue weighted by Crippen LogP contribution is -2.40. The van der Waals surface area contributed by atoms with Crippen molar-refractivity contribution >= 4 is 23.6 Å². The molecule has 0 fully saturated rings. The van der Waals surface area contributed by atoms with E-state index in [0.29, 0.717) is 18.7 Å². The monoisotopic (exact) mass is 383 g/mol. The molecule has 0 unspecified atom stereocenters. The Morgan fingerprint density at radius 3 is 2.25 bits per heavy atom. The van der Waals surface area contributed by atoms with Gasteiger partial charge < -0.3 is 10.1 Å². The summed E-state index contributed by atoms with van der Waals surface area (Å²) in [6, 6.07) is 16.5. The van der Waals surface area contributed by atoms with E-state index in [4.69, 9.17) is 4.74 Å². The molecule has 0 bridgehead atoms. The van der Waals surface area contributed by atoms with Crippen LogP contribution < -0.4 is 10.6 Å². The summed E-state index contributed by atoms with van der Waals surface area (Å²) in [7, 11) is 0. The average Bonchev–Trinajstić information content (AvgIpc) is 2.68. The van der Waals surface area contributed by atoms with Crippen LogP contribution in [0.25, 0.3) is 0 Å². The molecule has 0 saturated heterocycles. The third-order valence-electron chi connectivity index (χ3n) is 3.99. The van der Waals surface area contributed by atoms with E-state index >= 15 is 0 Å². The van der Waals surface area contributed by atoms with Crippen LogP contribution in [0.3, 0.4) is 0 Å². The molecular weight excluding hydrogens is 358 g/mol. The molecule has 0 aliphatic rings. The minimum absolute atomic E-state index is 0.0750. The van der Waals surface area contributed by atoms with Crippen molar-refractivity contribution in [3.63, 3.8) is 0 Å². The molecule has 0 saturated carbocycles. The number of anilines is 1. The fraction of sp³-hybridized carbons (Fsp3) is 0.286. The second-order valence-electron chi connectivity index (χ2n) is 6.09. The Morgan fingerprint density at radius 1 is 0.964 bits per heavy atom. The molecule has 2 aromatic carbocycles. The molecule has 0 aliphatic carbocycles. The Balaban J connectivity index is 1.90. The van der Waals surface area contributed by atoms with Gasteiger partial charge in [-0.2, -0.15) is 0 Å². The zero-order valence-electron chi connectivity index (χ0n) is 16.1. The van der Waals surface area contributed by atoms with E-state index in [1.54, 1.807) is 19.1 Å². The van der Waals surface area contributed by atoms with Gasteiger partial charge in [-0.1, -0.05) is 37.3 Å². The third kappa shape index (κ3) is 6.85. The maximum absolute atomic E-state index is 12.3. The van der Waals surface area contributed by atoms with E-state index in [-0.39, 0.29) is 19.1 Å². The van der Waals surface area contributed by atoms with Crippen LogP contribution in [0.15, 0.2) is 54.6 Å². The first-order valence-corrected chi connectivity index (χ1v) is 9.16. The van der Waals surface area contributed by atoms with Gasteiger partial charge >= 0.3 is 6.09 Å². The van der Waals surface area contributed by atoms with Gasteiger partial charge in [0.15, 0.2) is 0 Å². The first-order chi connectivity index (χ1) is 13.5. The van der Waals surface area contributed by atoms with E-state index in [1.165, 1.54) is 0 Å². The lowest BCUT2D eigenvalue weighted by atomic mass is 10.1. The van der Waals surface area contributed by atoms with Crippen molar-refractivity contribution in [2.45, 2.75) is 20.4 Å². The molecule has 3 amide bonds. The number of para-hydroxylation sites is 1. The highest BCUT2D eigenvalue weighted by atomic mass is 16.5. The summed E-state index contributed by atoms with van der Waals surface area (Å²) in [6.45, 7) is 5.04. The van der Waals surface area contributed by atoms with Gasteiger partial charge in [-0.05, 0) is 43.3 Å².